The van der Waals surface area contributed by atoms with Crippen molar-refractivity contribution in [2.45, 2.75) is 43.9 Å². The molecule has 3 rings (SSSR count). The fourth-order valence-electron chi connectivity index (χ4n) is 3.65. The molecule has 0 unspecified atom stereocenters. The Morgan fingerprint density at radius 1 is 1.30 bits per heavy atom. The second-order valence-electron chi connectivity index (χ2n) is 6.37. The Morgan fingerprint density at radius 2 is 2.10 bits per heavy atom. The van der Waals surface area contributed by atoms with Gasteiger partial charge in [0.2, 0.25) is 0 Å². The monoisotopic (exact) mass is 286 g/mol. The Bertz CT molecular complexity index is 519. The van der Waals surface area contributed by atoms with Gasteiger partial charge in [-0.1, -0.05) is 29.8 Å². The normalized spacial score (nSPS) is 29.8. The van der Waals surface area contributed by atoms with E-state index in [-0.39, 0.29) is 5.41 Å². The highest BCUT2D eigenvalue weighted by Gasteiger charge is 2.44. The van der Waals surface area contributed by atoms with Crippen molar-refractivity contribution in [3.8, 4) is 0 Å². The summed E-state index contributed by atoms with van der Waals surface area (Å²) in [6, 6.07) is 10.6. The van der Waals surface area contributed by atoms with Crippen LogP contribution >= 0.6 is 11.8 Å². The van der Waals surface area contributed by atoms with Gasteiger partial charge in [0.1, 0.15) is 5.78 Å². The number of carbonyl (C=O) groups is 1. The van der Waals surface area contributed by atoms with Crippen molar-refractivity contribution >= 4 is 17.5 Å². The fourth-order valence-corrected chi connectivity index (χ4v) is 4.90. The molecule has 0 heterocycles. The third-order valence-electron chi connectivity index (χ3n) is 4.88. The van der Waals surface area contributed by atoms with E-state index in [1.165, 1.54) is 16.9 Å². The molecule has 20 heavy (non-hydrogen) atoms. The lowest BCUT2D eigenvalue weighted by atomic mass is 9.61. The van der Waals surface area contributed by atoms with Crippen LogP contribution in [0.3, 0.4) is 0 Å². The van der Waals surface area contributed by atoms with Crippen LogP contribution in [0, 0.1) is 11.3 Å². The number of hydrogen-bond acceptors (Lipinski definition) is 2. The lowest BCUT2D eigenvalue weighted by Crippen LogP contribution is -2.41. The highest BCUT2D eigenvalue weighted by Crippen LogP contribution is 2.51. The van der Waals surface area contributed by atoms with Gasteiger partial charge >= 0.3 is 0 Å². The van der Waals surface area contributed by atoms with Gasteiger partial charge < -0.3 is 0 Å². The maximum absolute atomic E-state index is 12.0. The molecule has 0 N–H and O–H groups in total. The molecule has 0 bridgehead atoms. The Morgan fingerprint density at radius 3 is 2.90 bits per heavy atom. The third-order valence-corrected chi connectivity index (χ3v) is 6.21. The van der Waals surface area contributed by atoms with E-state index in [0.29, 0.717) is 11.7 Å². The molecule has 0 aromatic heterocycles. The molecule has 2 atom stereocenters. The van der Waals surface area contributed by atoms with Crippen LogP contribution in [0.4, 0.5) is 0 Å². The highest BCUT2D eigenvalue weighted by atomic mass is 32.2. The molecule has 2 aliphatic carbocycles. The van der Waals surface area contributed by atoms with E-state index >= 15 is 0 Å². The summed E-state index contributed by atoms with van der Waals surface area (Å²) in [5.41, 5.74) is 1.74. The predicted molar refractivity (Wildman–Crippen MR) is 84.9 cm³/mol. The molecular weight excluding hydrogens is 264 g/mol. The van der Waals surface area contributed by atoms with Crippen LogP contribution in [0.15, 0.2) is 46.9 Å². The Hall–Kier alpha value is -1.02. The molecule has 1 nitrogen and oxygen atoms in total. The average molecular weight is 286 g/mol. The van der Waals surface area contributed by atoms with Crippen molar-refractivity contribution in [1.82, 2.24) is 0 Å². The Labute approximate surface area is 125 Å². The minimum Gasteiger partial charge on any atom is -0.300 e. The van der Waals surface area contributed by atoms with Crippen molar-refractivity contribution in [2.24, 2.45) is 11.3 Å². The Kier molecular flexibility index (Phi) is 4.02. The zero-order valence-corrected chi connectivity index (χ0v) is 12.9. The van der Waals surface area contributed by atoms with Gasteiger partial charge in [0, 0.05) is 23.5 Å². The molecule has 0 amide bonds. The van der Waals surface area contributed by atoms with Gasteiger partial charge in [-0.2, -0.15) is 0 Å². The number of ketones is 1. The summed E-state index contributed by atoms with van der Waals surface area (Å²) in [5, 5.41) is 0. The first-order chi connectivity index (χ1) is 9.68. The van der Waals surface area contributed by atoms with Crippen LogP contribution in [0.1, 0.15) is 39.0 Å². The lowest BCUT2D eigenvalue weighted by Gasteiger charge is -2.46. The topological polar surface area (TPSA) is 17.1 Å². The second-order valence-corrected chi connectivity index (χ2v) is 7.42. The largest absolute Gasteiger partial charge is 0.300 e. The quantitative estimate of drug-likeness (QED) is 0.582. The highest BCUT2D eigenvalue weighted by molar-refractivity contribution is 7.99. The first-order valence-corrected chi connectivity index (χ1v) is 8.52. The van der Waals surface area contributed by atoms with Crippen LogP contribution < -0.4 is 0 Å². The summed E-state index contributed by atoms with van der Waals surface area (Å²) in [6.45, 7) is 2.24. The number of thioether (sulfide) groups is 1. The summed E-state index contributed by atoms with van der Waals surface area (Å²) in [5.74, 6) is 2.27. The molecule has 1 aromatic carbocycles. The predicted octanol–water partition coefficient (Wildman–Crippen LogP) is 4.87. The first kappa shape index (κ1) is 13.9. The van der Waals surface area contributed by atoms with Gasteiger partial charge in [-0.25, -0.2) is 0 Å². The van der Waals surface area contributed by atoms with Gasteiger partial charge in [0.15, 0.2) is 0 Å². The van der Waals surface area contributed by atoms with E-state index in [1.54, 1.807) is 0 Å². The van der Waals surface area contributed by atoms with Crippen molar-refractivity contribution in [3.05, 3.63) is 42.0 Å². The molecule has 1 fully saturated rings. The van der Waals surface area contributed by atoms with E-state index in [1.807, 2.05) is 11.8 Å². The molecular formula is C18H22OS. The summed E-state index contributed by atoms with van der Waals surface area (Å²) in [6.07, 6.45) is 7.36. The van der Waals surface area contributed by atoms with Gasteiger partial charge in [-0.05, 0) is 49.7 Å². The van der Waals surface area contributed by atoms with Crippen molar-refractivity contribution < 1.29 is 4.79 Å². The molecule has 0 radical (unpaired) electrons. The summed E-state index contributed by atoms with van der Waals surface area (Å²) in [4.78, 5) is 13.3. The SMILES string of the molecule is CC1=CC[C@@]2(CSc3ccccc3)CC(=O)CC[C@@H]2C1. The van der Waals surface area contributed by atoms with Crippen molar-refractivity contribution in [2.75, 3.05) is 5.75 Å². The molecule has 0 saturated heterocycles. The van der Waals surface area contributed by atoms with Crippen LogP contribution in [-0.2, 0) is 4.79 Å². The molecule has 0 spiro atoms. The minimum atomic E-state index is 0.218. The van der Waals surface area contributed by atoms with E-state index in [2.05, 4.69) is 43.3 Å². The van der Waals surface area contributed by atoms with Gasteiger partial charge in [-0.3, -0.25) is 4.79 Å². The van der Waals surface area contributed by atoms with Gasteiger partial charge in [-0.15, -0.1) is 11.8 Å². The number of benzene rings is 1. The van der Waals surface area contributed by atoms with Crippen molar-refractivity contribution in [3.63, 3.8) is 0 Å². The van der Waals surface area contributed by atoms with Crippen LogP contribution in [0.2, 0.25) is 0 Å². The molecule has 106 valence electrons. The summed E-state index contributed by atoms with van der Waals surface area (Å²) in [7, 11) is 0. The number of fused-ring (bicyclic) bond motifs is 1. The van der Waals surface area contributed by atoms with Crippen molar-refractivity contribution in [1.29, 1.82) is 0 Å². The molecule has 1 aromatic rings. The van der Waals surface area contributed by atoms with E-state index in [4.69, 9.17) is 0 Å². The molecule has 1 saturated carbocycles. The molecule has 0 aliphatic heterocycles. The van der Waals surface area contributed by atoms with Crippen LogP contribution in [0.5, 0.6) is 0 Å². The number of allylic oxidation sites excluding steroid dienone is 2. The van der Waals surface area contributed by atoms with E-state index in [9.17, 15) is 4.79 Å². The van der Waals surface area contributed by atoms with E-state index < -0.39 is 0 Å². The van der Waals surface area contributed by atoms with Crippen LogP contribution in [-0.4, -0.2) is 11.5 Å². The average Bonchev–Trinajstić information content (AvgIpc) is 2.47. The molecule has 2 heteroatoms. The number of carbonyl (C=O) groups excluding carboxylic acids is 1. The number of Topliss-reactive ketones (excluding diaryl/α,β-unsaturated/α-hetero) is 1. The van der Waals surface area contributed by atoms with Crippen LogP contribution in [0.25, 0.3) is 0 Å². The number of rotatable bonds is 3. The third kappa shape index (κ3) is 2.85. The maximum Gasteiger partial charge on any atom is 0.133 e. The maximum atomic E-state index is 12.0. The molecule has 2 aliphatic rings. The lowest BCUT2D eigenvalue weighted by molar-refractivity contribution is -0.125. The first-order valence-electron chi connectivity index (χ1n) is 7.53. The summed E-state index contributed by atoms with van der Waals surface area (Å²) < 4.78 is 0. The van der Waals surface area contributed by atoms with Gasteiger partial charge in [0.25, 0.3) is 0 Å². The zero-order valence-electron chi connectivity index (χ0n) is 12.1. The fraction of sp³-hybridized carbons (Fsp3) is 0.500. The minimum absolute atomic E-state index is 0.218. The second kappa shape index (κ2) is 5.77. The number of hydrogen-bond donors (Lipinski definition) is 0. The smallest absolute Gasteiger partial charge is 0.133 e. The zero-order chi connectivity index (χ0) is 14.0. The standard InChI is InChI=1S/C18H22OS/c1-14-9-10-18(12-16(19)8-7-15(18)11-14)13-20-17-5-3-2-4-6-17/h2-6,9,15H,7-8,10-13H2,1H3/t15-,18+/m1/s1. The Balaban J connectivity index is 1.77. The van der Waals surface area contributed by atoms with Gasteiger partial charge in [0.05, 0.1) is 0 Å². The van der Waals surface area contributed by atoms with E-state index in [0.717, 1.165) is 31.4 Å². The summed E-state index contributed by atoms with van der Waals surface area (Å²) >= 11 is 1.93.